The number of piperidine rings is 1. The van der Waals surface area contributed by atoms with E-state index < -0.39 is 0 Å². The van der Waals surface area contributed by atoms with Gasteiger partial charge in [0.05, 0.1) is 0 Å². The maximum absolute atomic E-state index is 13.0. The fourth-order valence-corrected chi connectivity index (χ4v) is 3.57. The molecule has 0 unspecified atom stereocenters. The number of aromatic amines is 1. The molecule has 0 aliphatic carbocycles. The minimum atomic E-state index is -0.0130. The van der Waals surface area contributed by atoms with Crippen LogP contribution in [0.15, 0.2) is 41.1 Å². The highest BCUT2D eigenvalue weighted by Crippen LogP contribution is 2.24. The predicted octanol–water partition coefficient (Wildman–Crippen LogP) is 3.26. The van der Waals surface area contributed by atoms with Crippen molar-refractivity contribution in [1.82, 2.24) is 24.9 Å². The minimum Gasteiger partial charge on any atom is -0.460 e. The summed E-state index contributed by atoms with van der Waals surface area (Å²) in [6.07, 6.45) is 7.87. The Morgan fingerprint density at radius 3 is 3.08 bits per heavy atom. The van der Waals surface area contributed by atoms with Crippen molar-refractivity contribution in [2.75, 3.05) is 6.54 Å². The van der Waals surface area contributed by atoms with Gasteiger partial charge in [-0.15, -0.1) is 0 Å². The summed E-state index contributed by atoms with van der Waals surface area (Å²) in [4.78, 5) is 15.0. The van der Waals surface area contributed by atoms with E-state index in [0.29, 0.717) is 11.5 Å². The number of nitrogens with one attached hydrogen (secondary N) is 1. The van der Waals surface area contributed by atoms with Gasteiger partial charge in [0.15, 0.2) is 11.5 Å². The van der Waals surface area contributed by atoms with Crippen molar-refractivity contribution in [2.24, 2.45) is 0 Å². The number of nitrogens with zero attached hydrogens (tertiary/aromatic N) is 4. The zero-order valence-corrected chi connectivity index (χ0v) is 14.9. The van der Waals surface area contributed by atoms with E-state index in [1.54, 1.807) is 12.3 Å². The smallest absolute Gasteiger partial charge is 0.274 e. The van der Waals surface area contributed by atoms with Gasteiger partial charge in [-0.25, -0.2) is 0 Å². The van der Waals surface area contributed by atoms with Crippen molar-refractivity contribution >= 4 is 5.91 Å². The average molecular weight is 353 g/mol. The van der Waals surface area contributed by atoms with Crippen molar-refractivity contribution in [3.8, 4) is 11.5 Å². The molecule has 3 aromatic heterocycles. The molecule has 0 radical (unpaired) electrons. The lowest BCUT2D eigenvalue weighted by molar-refractivity contribution is 0.0588. The van der Waals surface area contributed by atoms with Gasteiger partial charge < -0.3 is 9.32 Å². The molecule has 1 fully saturated rings. The largest absolute Gasteiger partial charge is 0.460 e. The number of aryl methyl sites for hydroxylation is 2. The molecule has 1 aliphatic heterocycles. The first-order chi connectivity index (χ1) is 12.7. The van der Waals surface area contributed by atoms with Gasteiger partial charge in [0.25, 0.3) is 5.91 Å². The van der Waals surface area contributed by atoms with E-state index in [-0.39, 0.29) is 11.9 Å². The third kappa shape index (κ3) is 3.42. The van der Waals surface area contributed by atoms with Crippen LogP contribution in [0.4, 0.5) is 0 Å². The number of carbonyl (C=O) groups is 1. The van der Waals surface area contributed by atoms with E-state index in [4.69, 9.17) is 4.42 Å². The lowest BCUT2D eigenvalue weighted by atomic mass is 9.99. The third-order valence-electron chi connectivity index (χ3n) is 4.94. The maximum atomic E-state index is 13.0. The number of aromatic nitrogens is 4. The Labute approximate surface area is 152 Å². The van der Waals surface area contributed by atoms with Crippen LogP contribution in [0, 0.1) is 6.92 Å². The Morgan fingerprint density at radius 2 is 2.31 bits per heavy atom. The van der Waals surface area contributed by atoms with Crippen molar-refractivity contribution in [1.29, 1.82) is 0 Å². The van der Waals surface area contributed by atoms with Crippen LogP contribution in [0.25, 0.3) is 11.5 Å². The Balaban J connectivity index is 1.47. The first-order valence-corrected chi connectivity index (χ1v) is 9.11. The van der Waals surface area contributed by atoms with Gasteiger partial charge >= 0.3 is 0 Å². The molecule has 136 valence electrons. The zero-order chi connectivity index (χ0) is 17.9. The predicted molar refractivity (Wildman–Crippen MR) is 96.5 cm³/mol. The number of H-pyrrole nitrogens is 1. The molecule has 0 aromatic carbocycles. The highest BCUT2D eigenvalue weighted by Gasteiger charge is 2.29. The Hall–Kier alpha value is -2.83. The standard InChI is InChI=1S/C19H23N5O2/c1-14-6-7-18(26-14)16-13-17(22-21-16)19(25)24-11-3-2-5-15(24)8-12-23-10-4-9-20-23/h4,6-7,9-10,13,15H,2-3,5,8,11-12H2,1H3,(H,21,22)/t15-/m1/s1. The SMILES string of the molecule is Cc1ccc(-c2cc(C(=O)N3CCCC[C@@H]3CCn3cccn3)n[nH]2)o1. The van der Waals surface area contributed by atoms with Crippen LogP contribution in [-0.2, 0) is 6.54 Å². The van der Waals surface area contributed by atoms with E-state index >= 15 is 0 Å². The van der Waals surface area contributed by atoms with Gasteiger partial charge in [0.1, 0.15) is 11.5 Å². The Bertz CT molecular complexity index is 864. The summed E-state index contributed by atoms with van der Waals surface area (Å²) in [7, 11) is 0. The van der Waals surface area contributed by atoms with Crippen molar-refractivity contribution in [3.63, 3.8) is 0 Å². The second kappa shape index (κ2) is 7.19. The number of amides is 1. The number of carbonyl (C=O) groups excluding carboxylic acids is 1. The first-order valence-electron chi connectivity index (χ1n) is 9.11. The molecule has 1 amide bonds. The summed E-state index contributed by atoms with van der Waals surface area (Å²) < 4.78 is 7.52. The van der Waals surface area contributed by atoms with Crippen LogP contribution in [0.2, 0.25) is 0 Å². The molecule has 1 saturated heterocycles. The molecule has 26 heavy (non-hydrogen) atoms. The van der Waals surface area contributed by atoms with E-state index in [0.717, 1.165) is 50.2 Å². The highest BCUT2D eigenvalue weighted by atomic mass is 16.3. The van der Waals surface area contributed by atoms with Crippen LogP contribution in [0.1, 0.15) is 41.9 Å². The molecule has 1 aliphatic rings. The van der Waals surface area contributed by atoms with Gasteiger partial charge in [-0.2, -0.15) is 10.2 Å². The topological polar surface area (TPSA) is 80.0 Å². The third-order valence-corrected chi connectivity index (χ3v) is 4.94. The zero-order valence-electron chi connectivity index (χ0n) is 14.9. The molecule has 0 saturated carbocycles. The number of hydrogen-bond donors (Lipinski definition) is 1. The number of furan rings is 1. The lowest BCUT2D eigenvalue weighted by Crippen LogP contribution is -2.44. The van der Waals surface area contributed by atoms with Gasteiger partial charge in [-0.05, 0) is 50.8 Å². The summed E-state index contributed by atoms with van der Waals surface area (Å²) in [5.41, 5.74) is 1.17. The van der Waals surface area contributed by atoms with Crippen molar-refractivity contribution in [3.05, 3.63) is 48.1 Å². The van der Waals surface area contributed by atoms with Crippen molar-refractivity contribution < 1.29 is 9.21 Å². The summed E-state index contributed by atoms with van der Waals surface area (Å²) in [5.74, 6) is 1.51. The van der Waals surface area contributed by atoms with Gasteiger partial charge in [-0.3, -0.25) is 14.6 Å². The quantitative estimate of drug-likeness (QED) is 0.763. The molecular weight excluding hydrogens is 330 g/mol. The van der Waals surface area contributed by atoms with E-state index in [2.05, 4.69) is 15.3 Å². The molecule has 7 heteroatoms. The average Bonchev–Trinajstić information content (AvgIpc) is 3.41. The maximum Gasteiger partial charge on any atom is 0.274 e. The van der Waals surface area contributed by atoms with E-state index in [1.807, 2.05) is 40.9 Å². The molecule has 4 rings (SSSR count). The molecule has 0 spiro atoms. The van der Waals surface area contributed by atoms with Crippen molar-refractivity contribution in [2.45, 2.75) is 45.2 Å². The van der Waals surface area contributed by atoms with E-state index in [9.17, 15) is 4.79 Å². The normalized spacial score (nSPS) is 17.6. The highest BCUT2D eigenvalue weighted by molar-refractivity contribution is 5.93. The second-order valence-corrected chi connectivity index (χ2v) is 6.78. The van der Waals surface area contributed by atoms with Gasteiger partial charge in [0.2, 0.25) is 0 Å². The molecule has 7 nitrogen and oxygen atoms in total. The van der Waals surface area contributed by atoms with Gasteiger partial charge in [-0.1, -0.05) is 0 Å². The first kappa shape index (κ1) is 16.6. The summed E-state index contributed by atoms with van der Waals surface area (Å²) >= 11 is 0. The summed E-state index contributed by atoms with van der Waals surface area (Å²) in [6.45, 7) is 3.49. The Kier molecular flexibility index (Phi) is 4.60. The minimum absolute atomic E-state index is 0.0130. The fraction of sp³-hybridized carbons (Fsp3) is 0.421. The number of hydrogen-bond acceptors (Lipinski definition) is 4. The van der Waals surface area contributed by atoms with Crippen LogP contribution in [0.5, 0.6) is 0 Å². The Morgan fingerprint density at radius 1 is 1.38 bits per heavy atom. The lowest BCUT2D eigenvalue weighted by Gasteiger charge is -2.35. The van der Waals surface area contributed by atoms with E-state index in [1.165, 1.54) is 0 Å². The monoisotopic (exact) mass is 353 g/mol. The van der Waals surface area contributed by atoms with Crippen LogP contribution >= 0.6 is 0 Å². The van der Waals surface area contributed by atoms with Crippen LogP contribution in [-0.4, -0.2) is 43.4 Å². The number of likely N-dealkylation sites (tertiary alicyclic amines) is 1. The molecule has 1 N–H and O–H groups in total. The molecule has 3 aromatic rings. The van der Waals surface area contributed by atoms with Gasteiger partial charge in [0, 0.05) is 37.6 Å². The molecular formula is C19H23N5O2. The fourth-order valence-electron chi connectivity index (χ4n) is 3.57. The van der Waals surface area contributed by atoms with Crippen LogP contribution < -0.4 is 0 Å². The molecule has 4 heterocycles. The molecule has 1 atom stereocenters. The summed E-state index contributed by atoms with van der Waals surface area (Å²) in [6, 6.07) is 7.70. The second-order valence-electron chi connectivity index (χ2n) is 6.78. The number of rotatable bonds is 5. The molecule has 0 bridgehead atoms. The van der Waals surface area contributed by atoms with Crippen LogP contribution in [0.3, 0.4) is 0 Å². The summed E-state index contributed by atoms with van der Waals surface area (Å²) in [5, 5.41) is 11.4.